The first-order valence-electron chi connectivity index (χ1n) is 7.28. The first-order valence-corrected chi connectivity index (χ1v) is 9.14. The average molecular weight is 395 g/mol. The SMILES string of the molecule is Cc1ccc(-n2cc(C(=O)NS(=O)(=O)c3ccccc3F)nn2)c(Cl)c1. The standard InChI is InChI=1S/C16H12ClFN4O3S/c1-10-6-7-14(11(17)8-10)22-9-13(19-21-22)16(23)20-26(24,25)15-5-3-2-4-12(15)18/h2-9H,1H3,(H,20,23). The summed E-state index contributed by atoms with van der Waals surface area (Å²) in [5, 5.41) is 7.80. The highest BCUT2D eigenvalue weighted by Gasteiger charge is 2.23. The molecule has 3 rings (SSSR count). The van der Waals surface area contributed by atoms with Crippen molar-refractivity contribution in [1.82, 2.24) is 19.7 Å². The van der Waals surface area contributed by atoms with E-state index >= 15 is 0 Å². The number of hydrogen-bond acceptors (Lipinski definition) is 5. The zero-order valence-electron chi connectivity index (χ0n) is 13.3. The van der Waals surface area contributed by atoms with E-state index in [-0.39, 0.29) is 5.69 Å². The maximum absolute atomic E-state index is 13.7. The third-order valence-electron chi connectivity index (χ3n) is 3.43. The quantitative estimate of drug-likeness (QED) is 0.733. The van der Waals surface area contributed by atoms with Gasteiger partial charge in [0.2, 0.25) is 0 Å². The maximum Gasteiger partial charge on any atom is 0.287 e. The summed E-state index contributed by atoms with van der Waals surface area (Å²) < 4.78 is 41.0. The van der Waals surface area contributed by atoms with E-state index in [1.165, 1.54) is 23.0 Å². The summed E-state index contributed by atoms with van der Waals surface area (Å²) >= 11 is 6.13. The molecule has 2 aromatic carbocycles. The Morgan fingerprint density at radius 2 is 1.96 bits per heavy atom. The van der Waals surface area contributed by atoms with E-state index in [0.29, 0.717) is 10.7 Å². The van der Waals surface area contributed by atoms with E-state index in [4.69, 9.17) is 11.6 Å². The van der Waals surface area contributed by atoms with Crippen LogP contribution in [0.5, 0.6) is 0 Å². The van der Waals surface area contributed by atoms with Crippen LogP contribution in [-0.4, -0.2) is 29.3 Å². The lowest BCUT2D eigenvalue weighted by Crippen LogP contribution is -2.31. The molecule has 0 aliphatic heterocycles. The minimum Gasteiger partial charge on any atom is -0.266 e. The Morgan fingerprint density at radius 1 is 1.23 bits per heavy atom. The molecule has 1 amide bonds. The molecule has 3 aromatic rings. The summed E-state index contributed by atoms with van der Waals surface area (Å²) in [5.74, 6) is -2.01. The zero-order chi connectivity index (χ0) is 18.9. The molecule has 1 aromatic heterocycles. The molecule has 7 nitrogen and oxygen atoms in total. The van der Waals surface area contributed by atoms with Crippen LogP contribution < -0.4 is 4.72 Å². The Bertz CT molecular complexity index is 1100. The molecule has 0 saturated carbocycles. The number of nitrogens with zero attached hydrogens (tertiary/aromatic N) is 3. The summed E-state index contributed by atoms with van der Waals surface area (Å²) in [7, 11) is -4.39. The van der Waals surface area contributed by atoms with Gasteiger partial charge in [-0.2, -0.15) is 0 Å². The number of aromatic nitrogens is 3. The minimum absolute atomic E-state index is 0.262. The van der Waals surface area contributed by atoms with E-state index < -0.39 is 26.6 Å². The Kier molecular flexibility index (Phi) is 4.75. The number of halogens is 2. The molecule has 0 atom stereocenters. The molecular formula is C16H12ClFN4O3S. The molecule has 0 unspecified atom stereocenters. The van der Waals surface area contributed by atoms with Crippen LogP contribution in [0, 0.1) is 12.7 Å². The van der Waals surface area contributed by atoms with Crippen LogP contribution in [-0.2, 0) is 10.0 Å². The molecule has 0 spiro atoms. The van der Waals surface area contributed by atoms with Gasteiger partial charge in [-0.05, 0) is 36.8 Å². The lowest BCUT2D eigenvalue weighted by Gasteiger charge is -2.06. The molecule has 0 fully saturated rings. The topological polar surface area (TPSA) is 94.0 Å². The van der Waals surface area contributed by atoms with Gasteiger partial charge >= 0.3 is 0 Å². The number of sulfonamides is 1. The fourth-order valence-corrected chi connectivity index (χ4v) is 3.54. The van der Waals surface area contributed by atoms with Crippen LogP contribution in [0.3, 0.4) is 0 Å². The first kappa shape index (κ1) is 18.0. The Morgan fingerprint density at radius 3 is 2.65 bits per heavy atom. The lowest BCUT2D eigenvalue weighted by atomic mass is 10.2. The van der Waals surface area contributed by atoms with Gasteiger partial charge in [0, 0.05) is 0 Å². The smallest absolute Gasteiger partial charge is 0.266 e. The number of aryl methyl sites for hydroxylation is 1. The number of amides is 1. The Hall–Kier alpha value is -2.78. The van der Waals surface area contributed by atoms with E-state index in [2.05, 4.69) is 10.3 Å². The number of hydrogen-bond donors (Lipinski definition) is 1. The Labute approximate surface area is 153 Å². The highest BCUT2D eigenvalue weighted by molar-refractivity contribution is 7.90. The normalized spacial score (nSPS) is 11.3. The van der Waals surface area contributed by atoms with Crippen molar-refractivity contribution >= 4 is 27.5 Å². The summed E-state index contributed by atoms with van der Waals surface area (Å²) in [6.45, 7) is 1.86. The first-order chi connectivity index (χ1) is 12.3. The maximum atomic E-state index is 13.7. The second kappa shape index (κ2) is 6.85. The highest BCUT2D eigenvalue weighted by atomic mass is 35.5. The summed E-state index contributed by atoms with van der Waals surface area (Å²) in [6, 6.07) is 9.91. The van der Waals surface area contributed by atoms with E-state index in [0.717, 1.165) is 17.7 Å². The number of benzene rings is 2. The van der Waals surface area contributed by atoms with Crippen molar-refractivity contribution in [2.45, 2.75) is 11.8 Å². The Balaban J connectivity index is 1.86. The molecule has 0 aliphatic rings. The predicted molar refractivity (Wildman–Crippen MR) is 92.2 cm³/mol. The predicted octanol–water partition coefficient (Wildman–Crippen LogP) is 2.49. The number of rotatable bonds is 4. The van der Waals surface area contributed by atoms with E-state index in [1.54, 1.807) is 22.9 Å². The molecule has 26 heavy (non-hydrogen) atoms. The van der Waals surface area contributed by atoms with Crippen molar-refractivity contribution < 1.29 is 17.6 Å². The van der Waals surface area contributed by atoms with Gasteiger partial charge in [-0.25, -0.2) is 22.2 Å². The summed E-state index contributed by atoms with van der Waals surface area (Å²) in [6.07, 6.45) is 1.22. The van der Waals surface area contributed by atoms with Crippen LogP contribution in [0.1, 0.15) is 16.1 Å². The van der Waals surface area contributed by atoms with Crippen LogP contribution in [0.2, 0.25) is 5.02 Å². The van der Waals surface area contributed by atoms with Crippen molar-refractivity contribution in [2.24, 2.45) is 0 Å². The van der Waals surface area contributed by atoms with Gasteiger partial charge in [0.25, 0.3) is 15.9 Å². The fourth-order valence-electron chi connectivity index (χ4n) is 2.18. The van der Waals surface area contributed by atoms with Gasteiger partial charge in [-0.15, -0.1) is 5.10 Å². The van der Waals surface area contributed by atoms with Crippen molar-refractivity contribution in [2.75, 3.05) is 0 Å². The molecular weight excluding hydrogens is 383 g/mol. The van der Waals surface area contributed by atoms with Gasteiger partial charge in [-0.1, -0.05) is 35.0 Å². The largest absolute Gasteiger partial charge is 0.287 e. The van der Waals surface area contributed by atoms with Crippen LogP contribution in [0.4, 0.5) is 4.39 Å². The van der Waals surface area contributed by atoms with E-state index in [1.807, 2.05) is 6.92 Å². The second-order valence-corrected chi connectivity index (χ2v) is 7.43. The van der Waals surface area contributed by atoms with Crippen molar-refractivity contribution in [3.05, 3.63) is 70.8 Å². The fraction of sp³-hybridized carbons (Fsp3) is 0.0625. The molecule has 10 heteroatoms. The number of carbonyl (C=O) groups is 1. The van der Waals surface area contributed by atoms with Crippen molar-refractivity contribution in [3.63, 3.8) is 0 Å². The molecule has 0 saturated heterocycles. The molecule has 1 heterocycles. The number of carbonyl (C=O) groups excluding carboxylic acids is 1. The molecule has 0 bridgehead atoms. The second-order valence-electron chi connectivity index (χ2n) is 5.37. The molecule has 0 aliphatic carbocycles. The summed E-state index contributed by atoms with van der Waals surface area (Å²) in [5.41, 5.74) is 1.15. The average Bonchev–Trinajstić information content (AvgIpc) is 3.04. The third kappa shape index (κ3) is 3.58. The lowest BCUT2D eigenvalue weighted by molar-refractivity contribution is 0.0976. The third-order valence-corrected chi connectivity index (χ3v) is 5.10. The summed E-state index contributed by atoms with van der Waals surface area (Å²) in [4.78, 5) is 11.5. The van der Waals surface area contributed by atoms with E-state index in [9.17, 15) is 17.6 Å². The van der Waals surface area contributed by atoms with Crippen LogP contribution in [0.25, 0.3) is 5.69 Å². The van der Waals surface area contributed by atoms with Crippen molar-refractivity contribution in [1.29, 1.82) is 0 Å². The van der Waals surface area contributed by atoms with Gasteiger partial charge in [0.05, 0.1) is 16.9 Å². The monoisotopic (exact) mass is 394 g/mol. The molecule has 1 N–H and O–H groups in total. The zero-order valence-corrected chi connectivity index (χ0v) is 14.9. The number of nitrogens with one attached hydrogen (secondary N) is 1. The van der Waals surface area contributed by atoms with Crippen LogP contribution in [0.15, 0.2) is 53.6 Å². The van der Waals surface area contributed by atoms with Crippen LogP contribution >= 0.6 is 11.6 Å². The highest BCUT2D eigenvalue weighted by Crippen LogP contribution is 2.21. The van der Waals surface area contributed by atoms with Crippen molar-refractivity contribution in [3.8, 4) is 5.69 Å². The van der Waals surface area contributed by atoms with Gasteiger partial charge < -0.3 is 0 Å². The molecule has 0 radical (unpaired) electrons. The van der Waals surface area contributed by atoms with Gasteiger partial charge in [0.15, 0.2) is 5.69 Å². The van der Waals surface area contributed by atoms with Gasteiger partial charge in [-0.3, -0.25) is 4.79 Å². The molecule has 134 valence electrons. The minimum atomic E-state index is -4.39. The van der Waals surface area contributed by atoms with Gasteiger partial charge in [0.1, 0.15) is 10.7 Å².